The maximum absolute atomic E-state index is 13.6. The minimum absolute atomic E-state index is 0. The van der Waals surface area contributed by atoms with Crippen molar-refractivity contribution < 1.29 is 9.13 Å². The van der Waals surface area contributed by atoms with Gasteiger partial charge in [-0.25, -0.2) is 9.37 Å². The van der Waals surface area contributed by atoms with E-state index in [1.165, 1.54) is 23.5 Å². The lowest BCUT2D eigenvalue weighted by Gasteiger charge is -2.29. The summed E-state index contributed by atoms with van der Waals surface area (Å²) in [4.78, 5) is 27.5. The van der Waals surface area contributed by atoms with E-state index in [1.54, 1.807) is 6.07 Å². The van der Waals surface area contributed by atoms with E-state index >= 15 is 0 Å². The molecule has 2 aliphatic rings. The van der Waals surface area contributed by atoms with Gasteiger partial charge in [-0.3, -0.25) is 9.78 Å². The number of ether oxygens (including phenoxy) is 1. The van der Waals surface area contributed by atoms with Crippen molar-refractivity contribution >= 4 is 45.7 Å². The van der Waals surface area contributed by atoms with Crippen LogP contribution in [-0.2, 0) is 4.74 Å². The fourth-order valence-corrected chi connectivity index (χ4v) is 4.90. The molecule has 11 heteroatoms. The summed E-state index contributed by atoms with van der Waals surface area (Å²) in [6.07, 6.45) is 2.06. The molecule has 8 nitrogen and oxygen atoms in total. The highest BCUT2D eigenvalue weighted by Gasteiger charge is 2.23. The van der Waals surface area contributed by atoms with Crippen molar-refractivity contribution in [2.45, 2.75) is 18.9 Å². The van der Waals surface area contributed by atoms with Crippen molar-refractivity contribution in [2.75, 3.05) is 49.6 Å². The molecule has 0 spiro atoms. The number of nitrogens with one attached hydrogen (secondary N) is 3. The number of nitrogens with zero attached hydrogens (tertiary/aromatic N) is 3. The molecule has 1 atom stereocenters. The quantitative estimate of drug-likeness (QED) is 0.544. The Morgan fingerprint density at radius 1 is 1.26 bits per heavy atom. The van der Waals surface area contributed by atoms with Crippen molar-refractivity contribution in [3.05, 3.63) is 34.4 Å². The summed E-state index contributed by atoms with van der Waals surface area (Å²) in [6, 6.07) is 4.63. The van der Waals surface area contributed by atoms with Crippen LogP contribution >= 0.6 is 23.7 Å². The van der Waals surface area contributed by atoms with Gasteiger partial charge in [-0.1, -0.05) is 0 Å². The molecule has 2 aromatic heterocycles. The Kier molecular flexibility index (Phi) is 6.71. The maximum atomic E-state index is 13.6. The van der Waals surface area contributed by atoms with E-state index < -0.39 is 0 Å². The Hall–Kier alpha value is -2.27. The summed E-state index contributed by atoms with van der Waals surface area (Å²) >= 11 is 1.30. The standard InChI is InChI=1S/C20H23FN6O2S.ClH/c21-12-3-4-14-15(10-12)30-19(24-14)16-17(23-13-2-1-5-22-11-13)25-20(26-18(16)28)27-6-8-29-9-7-27;/h3-4,10,13,22H,1-2,5-9,11H2,(H2,23,25,26,28);1H/t13-;/m1./s1. The number of H-pyrrole nitrogens is 1. The number of halogens is 2. The Labute approximate surface area is 188 Å². The number of piperidine rings is 1. The molecule has 2 aliphatic heterocycles. The molecule has 0 radical (unpaired) electrons. The van der Waals surface area contributed by atoms with Crippen LogP contribution in [0.5, 0.6) is 0 Å². The number of fused-ring (bicyclic) bond motifs is 1. The van der Waals surface area contributed by atoms with Gasteiger partial charge in [-0.05, 0) is 37.6 Å². The fraction of sp³-hybridized carbons (Fsp3) is 0.450. The molecule has 166 valence electrons. The first-order valence-electron chi connectivity index (χ1n) is 10.2. The first-order valence-corrected chi connectivity index (χ1v) is 11.0. The molecule has 2 saturated heterocycles. The first kappa shape index (κ1) is 21.9. The van der Waals surface area contributed by atoms with Crippen molar-refractivity contribution in [1.82, 2.24) is 20.3 Å². The van der Waals surface area contributed by atoms with E-state index in [9.17, 15) is 9.18 Å². The van der Waals surface area contributed by atoms with Crippen LogP contribution in [0, 0.1) is 5.82 Å². The van der Waals surface area contributed by atoms with Gasteiger partial charge in [0.15, 0.2) is 0 Å². The number of morpholine rings is 1. The van der Waals surface area contributed by atoms with Crippen LogP contribution in [-0.4, -0.2) is 60.4 Å². The summed E-state index contributed by atoms with van der Waals surface area (Å²) in [5.74, 6) is 0.734. The minimum Gasteiger partial charge on any atom is -0.378 e. The van der Waals surface area contributed by atoms with Crippen LogP contribution < -0.4 is 21.1 Å². The average Bonchev–Trinajstić information content (AvgIpc) is 3.17. The lowest BCUT2D eigenvalue weighted by molar-refractivity contribution is 0.122. The van der Waals surface area contributed by atoms with Crippen LogP contribution in [0.15, 0.2) is 23.0 Å². The smallest absolute Gasteiger partial charge is 0.264 e. The van der Waals surface area contributed by atoms with Crippen LogP contribution in [0.4, 0.5) is 16.2 Å². The molecule has 0 bridgehead atoms. The summed E-state index contributed by atoms with van der Waals surface area (Å²) in [5.41, 5.74) is 0.815. The topological polar surface area (TPSA) is 95.2 Å². The van der Waals surface area contributed by atoms with Gasteiger partial charge < -0.3 is 20.3 Å². The van der Waals surface area contributed by atoms with E-state index in [-0.39, 0.29) is 29.8 Å². The minimum atomic E-state index is -0.320. The van der Waals surface area contributed by atoms with E-state index in [0.717, 1.165) is 25.9 Å². The molecule has 31 heavy (non-hydrogen) atoms. The Balaban J connectivity index is 0.00000231. The lowest BCUT2D eigenvalue weighted by Crippen LogP contribution is -2.40. The highest BCUT2D eigenvalue weighted by Crippen LogP contribution is 2.33. The molecule has 1 aromatic carbocycles. The Morgan fingerprint density at radius 2 is 2.10 bits per heavy atom. The van der Waals surface area contributed by atoms with Gasteiger partial charge in [0.25, 0.3) is 5.56 Å². The maximum Gasteiger partial charge on any atom is 0.264 e. The molecule has 0 amide bonds. The Bertz CT molecular complexity index is 1110. The number of benzene rings is 1. The van der Waals surface area contributed by atoms with Crippen LogP contribution in [0.25, 0.3) is 20.8 Å². The van der Waals surface area contributed by atoms with Gasteiger partial charge >= 0.3 is 0 Å². The second kappa shape index (κ2) is 9.47. The predicted molar refractivity (Wildman–Crippen MR) is 123 cm³/mol. The van der Waals surface area contributed by atoms with Gasteiger partial charge in [0.2, 0.25) is 5.95 Å². The van der Waals surface area contributed by atoms with Crippen molar-refractivity contribution in [2.24, 2.45) is 0 Å². The van der Waals surface area contributed by atoms with E-state index in [0.29, 0.717) is 58.9 Å². The zero-order chi connectivity index (χ0) is 20.5. The number of rotatable bonds is 4. The monoisotopic (exact) mass is 466 g/mol. The zero-order valence-corrected chi connectivity index (χ0v) is 18.5. The molecule has 0 unspecified atom stereocenters. The van der Waals surface area contributed by atoms with Crippen LogP contribution in [0.2, 0.25) is 0 Å². The fourth-order valence-electron chi connectivity index (χ4n) is 3.86. The number of hydrogen-bond donors (Lipinski definition) is 3. The van der Waals surface area contributed by atoms with E-state index in [1.807, 2.05) is 4.90 Å². The largest absolute Gasteiger partial charge is 0.378 e. The molecular weight excluding hydrogens is 443 g/mol. The number of anilines is 2. The second-order valence-corrected chi connectivity index (χ2v) is 8.56. The third-order valence-corrected chi connectivity index (χ3v) is 6.46. The summed E-state index contributed by atoms with van der Waals surface area (Å²) in [5, 5.41) is 7.37. The van der Waals surface area contributed by atoms with Crippen LogP contribution in [0.3, 0.4) is 0 Å². The number of hydrogen-bond acceptors (Lipinski definition) is 8. The highest BCUT2D eigenvalue weighted by molar-refractivity contribution is 7.21. The van der Waals surface area contributed by atoms with Crippen molar-refractivity contribution in [1.29, 1.82) is 0 Å². The van der Waals surface area contributed by atoms with E-state index in [2.05, 4.69) is 20.6 Å². The number of aromatic nitrogens is 3. The number of thiazole rings is 1. The van der Waals surface area contributed by atoms with Gasteiger partial charge in [-0.15, -0.1) is 23.7 Å². The SMILES string of the molecule is Cl.O=c1[nH]c(N2CCOCC2)nc(N[C@@H]2CCCNC2)c1-c1nc2ccc(F)cc2s1. The average molecular weight is 467 g/mol. The molecule has 0 saturated carbocycles. The van der Waals surface area contributed by atoms with Gasteiger partial charge in [0.05, 0.1) is 23.4 Å². The normalized spacial score (nSPS) is 19.3. The van der Waals surface area contributed by atoms with Gasteiger partial charge in [-0.2, -0.15) is 4.98 Å². The molecular formula is C20H24ClFN6O2S. The van der Waals surface area contributed by atoms with Gasteiger partial charge in [0.1, 0.15) is 22.2 Å². The summed E-state index contributed by atoms with van der Waals surface area (Å²) in [7, 11) is 0. The summed E-state index contributed by atoms with van der Waals surface area (Å²) < 4.78 is 19.8. The third kappa shape index (κ3) is 4.67. The molecule has 2 fully saturated rings. The molecule has 4 heterocycles. The summed E-state index contributed by atoms with van der Waals surface area (Å²) in [6.45, 7) is 4.36. The van der Waals surface area contributed by atoms with Crippen molar-refractivity contribution in [3.63, 3.8) is 0 Å². The van der Waals surface area contributed by atoms with E-state index in [4.69, 9.17) is 9.72 Å². The zero-order valence-electron chi connectivity index (χ0n) is 16.8. The van der Waals surface area contributed by atoms with Crippen molar-refractivity contribution in [3.8, 4) is 10.6 Å². The second-order valence-electron chi connectivity index (χ2n) is 7.53. The number of aromatic amines is 1. The third-order valence-electron chi connectivity index (χ3n) is 5.42. The molecule has 5 rings (SSSR count). The highest BCUT2D eigenvalue weighted by atomic mass is 35.5. The van der Waals surface area contributed by atoms with Gasteiger partial charge in [0, 0.05) is 25.7 Å². The predicted octanol–water partition coefficient (Wildman–Crippen LogP) is 2.61. The Morgan fingerprint density at radius 3 is 2.87 bits per heavy atom. The molecule has 3 N–H and O–H groups in total. The molecule has 0 aliphatic carbocycles. The lowest BCUT2D eigenvalue weighted by atomic mass is 10.1. The first-order chi connectivity index (χ1) is 14.7. The molecule has 3 aromatic rings. The van der Waals surface area contributed by atoms with Crippen LogP contribution in [0.1, 0.15) is 12.8 Å².